The highest BCUT2D eigenvalue weighted by Crippen LogP contribution is 2.42. The third kappa shape index (κ3) is 4.47. The van der Waals surface area contributed by atoms with E-state index in [4.69, 9.17) is 9.47 Å². The summed E-state index contributed by atoms with van der Waals surface area (Å²) < 4.78 is 10.4. The van der Waals surface area contributed by atoms with Gasteiger partial charge in [-0.15, -0.1) is 0 Å². The highest BCUT2D eigenvalue weighted by molar-refractivity contribution is 6.36. The molecule has 0 radical (unpaired) electrons. The Bertz CT molecular complexity index is 1300. The van der Waals surface area contributed by atoms with Gasteiger partial charge in [0.05, 0.1) is 48.3 Å². The molecule has 172 valence electrons. The summed E-state index contributed by atoms with van der Waals surface area (Å²) in [5.74, 6) is 0.0341. The number of aromatic amines is 1. The molecule has 1 aromatic heterocycles. The quantitative estimate of drug-likeness (QED) is 0.189. The van der Waals surface area contributed by atoms with Crippen molar-refractivity contribution in [3.05, 3.63) is 77.6 Å². The second-order valence-electron chi connectivity index (χ2n) is 7.30. The minimum Gasteiger partial charge on any atom is -0.495 e. The molecule has 0 spiro atoms. The maximum Gasteiger partial charge on any atom is 0.338 e. The largest absolute Gasteiger partial charge is 0.495 e. The van der Waals surface area contributed by atoms with Gasteiger partial charge in [-0.3, -0.25) is 4.79 Å². The van der Waals surface area contributed by atoms with Crippen LogP contribution >= 0.6 is 0 Å². The fourth-order valence-corrected chi connectivity index (χ4v) is 3.62. The fraction of sp³-hybridized carbons (Fsp3) is 0.115. The van der Waals surface area contributed by atoms with E-state index in [9.17, 15) is 9.59 Å². The molecule has 8 nitrogen and oxygen atoms in total. The van der Waals surface area contributed by atoms with Crippen LogP contribution in [0.2, 0.25) is 0 Å². The van der Waals surface area contributed by atoms with Gasteiger partial charge in [0, 0.05) is 23.0 Å². The Labute approximate surface area is 197 Å². The number of amides is 1. The average molecular weight is 457 g/mol. The molecule has 0 saturated carbocycles. The zero-order chi connectivity index (χ0) is 24.1. The Morgan fingerprint density at radius 1 is 1.18 bits per heavy atom. The Morgan fingerprint density at radius 2 is 1.97 bits per heavy atom. The molecule has 1 amide bonds. The second-order valence-corrected chi connectivity index (χ2v) is 7.30. The van der Waals surface area contributed by atoms with Crippen molar-refractivity contribution in [3.63, 3.8) is 0 Å². The number of aromatic nitrogens is 1. The summed E-state index contributed by atoms with van der Waals surface area (Å²) >= 11 is 0. The van der Waals surface area contributed by atoms with Crippen molar-refractivity contribution in [2.75, 3.05) is 24.4 Å². The molecule has 8 heteroatoms. The van der Waals surface area contributed by atoms with E-state index >= 15 is 0 Å². The van der Waals surface area contributed by atoms with Crippen LogP contribution in [-0.2, 0) is 9.53 Å². The van der Waals surface area contributed by atoms with E-state index in [2.05, 4.69) is 27.2 Å². The van der Waals surface area contributed by atoms with Crippen LogP contribution in [0.4, 0.5) is 17.1 Å². The third-order valence-corrected chi connectivity index (χ3v) is 5.26. The summed E-state index contributed by atoms with van der Waals surface area (Å²) in [5.41, 5.74) is 5.06. The van der Waals surface area contributed by atoms with Crippen LogP contribution in [0.1, 0.15) is 34.1 Å². The number of aliphatic imine (C=N–C) groups is 1. The van der Waals surface area contributed by atoms with Crippen LogP contribution in [0.15, 0.2) is 60.2 Å². The lowest BCUT2D eigenvalue weighted by atomic mass is 10.00. The number of carbonyl (C=O) groups is 2. The standard InChI is InChI=1S/C26H24N4O4/c1-4-16-8-11-20-23(19(25(31)30-20)14-21-22(33-3)12-13-27-21)24(16)29-15-28-18-9-6-17(7-10-18)26(32)34-5-2/h4,6-15,27H,1,5H2,2-3H3,(H,28,29)(H,30,31)/b19-14-. The highest BCUT2D eigenvalue weighted by atomic mass is 16.5. The van der Waals surface area contributed by atoms with Crippen molar-refractivity contribution in [1.29, 1.82) is 0 Å². The maximum absolute atomic E-state index is 12.8. The normalized spacial score (nSPS) is 13.6. The SMILES string of the molecule is C=Cc1ccc2c(c1N=CNc1ccc(C(=O)OCC)cc1)/C(=C/c1[nH]ccc1OC)C(=O)N2. The van der Waals surface area contributed by atoms with E-state index < -0.39 is 0 Å². The smallest absolute Gasteiger partial charge is 0.338 e. The molecule has 1 aliphatic heterocycles. The molecule has 0 unspecified atom stereocenters. The highest BCUT2D eigenvalue weighted by Gasteiger charge is 2.28. The molecule has 3 N–H and O–H groups in total. The molecule has 3 aromatic rings. The van der Waals surface area contributed by atoms with Gasteiger partial charge in [-0.05, 0) is 49.4 Å². The topological polar surface area (TPSA) is 105 Å². The van der Waals surface area contributed by atoms with E-state index in [1.54, 1.807) is 62.7 Å². The van der Waals surface area contributed by atoms with Gasteiger partial charge in [-0.1, -0.05) is 18.7 Å². The zero-order valence-electron chi connectivity index (χ0n) is 18.8. The van der Waals surface area contributed by atoms with Crippen LogP contribution in [0.3, 0.4) is 0 Å². The van der Waals surface area contributed by atoms with E-state index in [-0.39, 0.29) is 11.9 Å². The summed E-state index contributed by atoms with van der Waals surface area (Å²) in [7, 11) is 1.57. The Balaban J connectivity index is 1.65. The number of anilines is 2. The third-order valence-electron chi connectivity index (χ3n) is 5.26. The Kier molecular flexibility index (Phi) is 6.59. The van der Waals surface area contributed by atoms with Crippen LogP contribution in [-0.4, -0.2) is 36.9 Å². The monoisotopic (exact) mass is 456 g/mol. The number of H-pyrrole nitrogens is 1. The molecule has 34 heavy (non-hydrogen) atoms. The van der Waals surface area contributed by atoms with E-state index in [1.807, 2.05) is 12.1 Å². The van der Waals surface area contributed by atoms with Gasteiger partial charge in [0.1, 0.15) is 5.75 Å². The van der Waals surface area contributed by atoms with Gasteiger partial charge >= 0.3 is 5.97 Å². The van der Waals surface area contributed by atoms with Crippen LogP contribution in [0, 0.1) is 0 Å². The number of esters is 1. The number of hydrogen-bond acceptors (Lipinski definition) is 5. The summed E-state index contributed by atoms with van der Waals surface area (Å²) in [4.78, 5) is 32.3. The van der Waals surface area contributed by atoms with Gasteiger partial charge in [0.25, 0.3) is 5.91 Å². The van der Waals surface area contributed by atoms with Crippen molar-refractivity contribution in [2.24, 2.45) is 4.99 Å². The minimum atomic E-state index is -0.367. The van der Waals surface area contributed by atoms with Gasteiger partial charge < -0.3 is 25.1 Å². The molecular formula is C26H24N4O4. The Morgan fingerprint density at radius 3 is 2.68 bits per heavy atom. The van der Waals surface area contributed by atoms with Crippen LogP contribution < -0.4 is 15.4 Å². The van der Waals surface area contributed by atoms with E-state index in [0.717, 1.165) is 11.3 Å². The number of hydrogen-bond donors (Lipinski definition) is 3. The first-order chi connectivity index (χ1) is 16.5. The molecule has 0 aliphatic carbocycles. The fourth-order valence-electron chi connectivity index (χ4n) is 3.62. The number of nitrogens with one attached hydrogen (secondary N) is 3. The van der Waals surface area contributed by atoms with Gasteiger partial charge in [-0.2, -0.15) is 0 Å². The molecule has 1 aliphatic rings. The zero-order valence-corrected chi connectivity index (χ0v) is 18.8. The minimum absolute atomic E-state index is 0.230. The average Bonchev–Trinajstić information content (AvgIpc) is 3.43. The first kappa shape index (κ1) is 22.6. The van der Waals surface area contributed by atoms with Crippen LogP contribution in [0.25, 0.3) is 17.7 Å². The van der Waals surface area contributed by atoms with Gasteiger partial charge in [0.15, 0.2) is 0 Å². The summed E-state index contributed by atoms with van der Waals surface area (Å²) in [6.07, 6.45) is 6.72. The first-order valence-electron chi connectivity index (χ1n) is 10.7. The number of benzene rings is 2. The summed E-state index contributed by atoms with van der Waals surface area (Å²) in [6.45, 7) is 5.97. The number of nitrogens with zero attached hydrogens (tertiary/aromatic N) is 1. The molecule has 4 rings (SSSR count). The number of carbonyl (C=O) groups excluding carboxylic acids is 2. The summed E-state index contributed by atoms with van der Waals surface area (Å²) in [5, 5.41) is 5.98. The predicted molar refractivity (Wildman–Crippen MR) is 135 cm³/mol. The van der Waals surface area contributed by atoms with Crippen molar-refractivity contribution in [3.8, 4) is 5.75 Å². The maximum atomic E-state index is 12.8. The molecule has 2 heterocycles. The first-order valence-corrected chi connectivity index (χ1v) is 10.7. The predicted octanol–water partition coefficient (Wildman–Crippen LogP) is 5.11. The molecule has 0 fully saturated rings. The number of fused-ring (bicyclic) bond motifs is 1. The lowest BCUT2D eigenvalue weighted by molar-refractivity contribution is -0.110. The van der Waals surface area contributed by atoms with Crippen molar-refractivity contribution < 1.29 is 19.1 Å². The van der Waals surface area contributed by atoms with Gasteiger partial charge in [-0.25, -0.2) is 9.79 Å². The molecule has 0 bridgehead atoms. The molecular weight excluding hydrogens is 432 g/mol. The molecule has 0 saturated heterocycles. The number of ether oxygens (including phenoxy) is 2. The molecule has 0 atom stereocenters. The van der Waals surface area contributed by atoms with Crippen molar-refractivity contribution in [2.45, 2.75) is 6.92 Å². The summed E-state index contributed by atoms with van der Waals surface area (Å²) in [6, 6.07) is 12.3. The lowest BCUT2D eigenvalue weighted by Crippen LogP contribution is -2.04. The lowest BCUT2D eigenvalue weighted by Gasteiger charge is -2.09. The van der Waals surface area contributed by atoms with E-state index in [0.29, 0.717) is 46.1 Å². The van der Waals surface area contributed by atoms with Crippen molar-refractivity contribution in [1.82, 2.24) is 4.98 Å². The number of rotatable bonds is 8. The van der Waals surface area contributed by atoms with Gasteiger partial charge in [0.2, 0.25) is 0 Å². The Hall–Kier alpha value is -4.59. The number of methoxy groups -OCH3 is 1. The van der Waals surface area contributed by atoms with Crippen LogP contribution in [0.5, 0.6) is 5.75 Å². The van der Waals surface area contributed by atoms with Crippen molar-refractivity contribution >= 4 is 53.0 Å². The van der Waals surface area contributed by atoms with E-state index in [1.165, 1.54) is 6.34 Å². The second kappa shape index (κ2) is 9.91. The molecule has 2 aromatic carbocycles.